The molecule has 1 atom stereocenters. The highest BCUT2D eigenvalue weighted by molar-refractivity contribution is 5.92. The molecule has 1 aromatic heterocycles. The Morgan fingerprint density at radius 2 is 2.05 bits per heavy atom. The number of anilines is 1. The Kier molecular flexibility index (Phi) is 5.03. The zero-order valence-electron chi connectivity index (χ0n) is 13.5. The zero-order chi connectivity index (χ0) is 16.3. The van der Waals surface area contributed by atoms with Gasteiger partial charge < -0.3 is 15.7 Å². The van der Waals surface area contributed by atoms with Crippen LogP contribution in [0.25, 0.3) is 10.9 Å². The molecule has 6 nitrogen and oxygen atoms in total. The minimum absolute atomic E-state index is 0.108. The van der Waals surface area contributed by atoms with Gasteiger partial charge in [0.05, 0.1) is 17.8 Å². The molecule has 0 radical (unpaired) electrons. The number of urea groups is 1. The van der Waals surface area contributed by atoms with Gasteiger partial charge in [0, 0.05) is 23.7 Å². The first kappa shape index (κ1) is 16.3. The third kappa shape index (κ3) is 3.76. The lowest BCUT2D eigenvalue weighted by molar-refractivity contribution is 0.126. The second kappa shape index (κ2) is 6.79. The Labute approximate surface area is 130 Å². The second-order valence-corrected chi connectivity index (χ2v) is 6.10. The first-order valence-electron chi connectivity index (χ1n) is 7.58. The van der Waals surface area contributed by atoms with Crippen LogP contribution in [0.15, 0.2) is 24.4 Å². The van der Waals surface area contributed by atoms with E-state index < -0.39 is 6.10 Å². The van der Waals surface area contributed by atoms with E-state index in [4.69, 9.17) is 0 Å². The van der Waals surface area contributed by atoms with Crippen molar-refractivity contribution in [2.45, 2.75) is 39.8 Å². The Bertz CT molecular complexity index is 649. The number of amides is 2. The van der Waals surface area contributed by atoms with Crippen molar-refractivity contribution in [3.8, 4) is 0 Å². The van der Waals surface area contributed by atoms with Crippen LogP contribution in [0.2, 0.25) is 0 Å². The first-order chi connectivity index (χ1) is 10.4. The lowest BCUT2D eigenvalue weighted by Gasteiger charge is -2.15. The van der Waals surface area contributed by atoms with E-state index in [1.165, 1.54) is 0 Å². The number of hydrogen-bond acceptors (Lipinski definition) is 3. The third-order valence-electron chi connectivity index (χ3n) is 3.59. The number of hydrogen-bond donors (Lipinski definition) is 3. The Balaban J connectivity index is 2.05. The van der Waals surface area contributed by atoms with Gasteiger partial charge in [-0.15, -0.1) is 0 Å². The molecule has 0 aliphatic rings. The minimum Gasteiger partial charge on any atom is -0.391 e. The molecule has 0 unspecified atom stereocenters. The standard InChI is InChI=1S/C16H24N4O2/c1-10(2)15(21)9-17-16(22)19-13-6-5-12-8-18-20(11(3)4)14(12)7-13/h5-8,10-11,15,21H,9H2,1-4H3,(H2,17,19,22)/t15-/m0/s1. The minimum atomic E-state index is -0.546. The monoisotopic (exact) mass is 304 g/mol. The van der Waals surface area contributed by atoms with Gasteiger partial charge in [0.25, 0.3) is 0 Å². The molecular weight excluding hydrogens is 280 g/mol. The largest absolute Gasteiger partial charge is 0.391 e. The molecule has 0 spiro atoms. The molecule has 2 aromatic rings. The van der Waals surface area contributed by atoms with Gasteiger partial charge in [-0.2, -0.15) is 5.10 Å². The Morgan fingerprint density at radius 3 is 2.68 bits per heavy atom. The lowest BCUT2D eigenvalue weighted by atomic mass is 10.1. The summed E-state index contributed by atoms with van der Waals surface area (Å²) in [6.45, 7) is 8.17. The summed E-state index contributed by atoms with van der Waals surface area (Å²) < 4.78 is 1.92. The van der Waals surface area contributed by atoms with Crippen molar-refractivity contribution in [3.05, 3.63) is 24.4 Å². The van der Waals surface area contributed by atoms with Crippen LogP contribution < -0.4 is 10.6 Å². The normalized spacial score (nSPS) is 12.9. The van der Waals surface area contributed by atoms with Gasteiger partial charge in [-0.1, -0.05) is 13.8 Å². The van der Waals surface area contributed by atoms with Gasteiger partial charge in [-0.25, -0.2) is 4.79 Å². The zero-order valence-corrected chi connectivity index (χ0v) is 13.5. The average molecular weight is 304 g/mol. The fraction of sp³-hybridized carbons (Fsp3) is 0.500. The van der Waals surface area contributed by atoms with E-state index in [9.17, 15) is 9.90 Å². The molecule has 0 aliphatic carbocycles. The second-order valence-electron chi connectivity index (χ2n) is 6.10. The molecule has 0 saturated heterocycles. The summed E-state index contributed by atoms with van der Waals surface area (Å²) in [4.78, 5) is 11.9. The molecule has 0 saturated carbocycles. The number of benzene rings is 1. The van der Waals surface area contributed by atoms with Gasteiger partial charge in [0.15, 0.2) is 0 Å². The number of carbonyl (C=O) groups excluding carboxylic acids is 1. The van der Waals surface area contributed by atoms with E-state index in [0.717, 1.165) is 10.9 Å². The summed E-state index contributed by atoms with van der Waals surface area (Å²) in [5.41, 5.74) is 1.68. The maximum Gasteiger partial charge on any atom is 0.319 e. The average Bonchev–Trinajstić information content (AvgIpc) is 2.87. The number of aliphatic hydroxyl groups excluding tert-OH is 1. The van der Waals surface area contributed by atoms with Crippen LogP contribution >= 0.6 is 0 Å². The van der Waals surface area contributed by atoms with Gasteiger partial charge in [-0.3, -0.25) is 4.68 Å². The van der Waals surface area contributed by atoms with E-state index >= 15 is 0 Å². The van der Waals surface area contributed by atoms with Gasteiger partial charge in [0.1, 0.15) is 0 Å². The van der Waals surface area contributed by atoms with Crippen LogP contribution in [-0.2, 0) is 0 Å². The number of nitrogens with one attached hydrogen (secondary N) is 2. The highest BCUT2D eigenvalue weighted by Gasteiger charge is 2.11. The third-order valence-corrected chi connectivity index (χ3v) is 3.59. The van der Waals surface area contributed by atoms with Crippen molar-refractivity contribution in [2.75, 3.05) is 11.9 Å². The summed E-state index contributed by atoms with van der Waals surface area (Å²) in [6.07, 6.45) is 1.27. The van der Waals surface area contributed by atoms with Gasteiger partial charge >= 0.3 is 6.03 Å². The van der Waals surface area contributed by atoms with Crippen LogP contribution in [0.3, 0.4) is 0 Å². The van der Waals surface area contributed by atoms with Crippen molar-refractivity contribution >= 4 is 22.6 Å². The van der Waals surface area contributed by atoms with E-state index in [-0.39, 0.29) is 24.5 Å². The number of carbonyl (C=O) groups is 1. The molecule has 1 heterocycles. The molecule has 3 N–H and O–H groups in total. The first-order valence-corrected chi connectivity index (χ1v) is 7.58. The fourth-order valence-electron chi connectivity index (χ4n) is 2.14. The van der Waals surface area contributed by atoms with E-state index in [2.05, 4.69) is 29.6 Å². The topological polar surface area (TPSA) is 79.2 Å². The predicted octanol–water partition coefficient (Wildman–Crippen LogP) is 2.76. The van der Waals surface area contributed by atoms with Crippen LogP contribution in [0.5, 0.6) is 0 Å². The molecule has 1 aromatic carbocycles. The smallest absolute Gasteiger partial charge is 0.319 e. The quantitative estimate of drug-likeness (QED) is 0.794. The van der Waals surface area contributed by atoms with Crippen molar-refractivity contribution in [2.24, 2.45) is 5.92 Å². The summed E-state index contributed by atoms with van der Waals surface area (Å²) in [6, 6.07) is 5.60. The molecule has 120 valence electrons. The highest BCUT2D eigenvalue weighted by atomic mass is 16.3. The number of aliphatic hydroxyl groups is 1. The van der Waals surface area contributed by atoms with Crippen LogP contribution in [0.4, 0.5) is 10.5 Å². The molecule has 2 rings (SSSR count). The summed E-state index contributed by atoms with van der Waals surface area (Å²) in [7, 11) is 0. The highest BCUT2D eigenvalue weighted by Crippen LogP contribution is 2.21. The Hall–Kier alpha value is -2.08. The van der Waals surface area contributed by atoms with Crippen molar-refractivity contribution in [3.63, 3.8) is 0 Å². The number of aromatic nitrogens is 2. The lowest BCUT2D eigenvalue weighted by Crippen LogP contribution is -2.37. The fourth-order valence-corrected chi connectivity index (χ4v) is 2.14. The molecule has 0 aliphatic heterocycles. The van der Waals surface area contributed by atoms with Crippen molar-refractivity contribution in [1.29, 1.82) is 0 Å². The van der Waals surface area contributed by atoms with Crippen molar-refractivity contribution < 1.29 is 9.90 Å². The summed E-state index contributed by atoms with van der Waals surface area (Å²) in [5.74, 6) is 0.108. The van der Waals surface area contributed by atoms with Crippen LogP contribution in [0, 0.1) is 5.92 Å². The van der Waals surface area contributed by atoms with E-state index in [0.29, 0.717) is 5.69 Å². The summed E-state index contributed by atoms with van der Waals surface area (Å²) in [5, 5.41) is 20.5. The maximum atomic E-state index is 11.9. The number of nitrogens with zero attached hydrogens (tertiary/aromatic N) is 2. The van der Waals surface area contributed by atoms with E-state index in [1.54, 1.807) is 0 Å². The number of rotatable bonds is 5. The van der Waals surface area contributed by atoms with Gasteiger partial charge in [-0.05, 0) is 38.0 Å². The maximum absolute atomic E-state index is 11.9. The molecule has 2 amide bonds. The molecule has 6 heteroatoms. The van der Waals surface area contributed by atoms with Crippen LogP contribution in [-0.4, -0.2) is 33.6 Å². The molecule has 0 bridgehead atoms. The number of fused-ring (bicyclic) bond motifs is 1. The van der Waals surface area contributed by atoms with Crippen LogP contribution in [0.1, 0.15) is 33.7 Å². The van der Waals surface area contributed by atoms with Crippen molar-refractivity contribution in [1.82, 2.24) is 15.1 Å². The molecule has 0 fully saturated rings. The summed E-state index contributed by atoms with van der Waals surface area (Å²) >= 11 is 0. The predicted molar refractivity (Wildman–Crippen MR) is 88.0 cm³/mol. The van der Waals surface area contributed by atoms with E-state index in [1.807, 2.05) is 42.9 Å². The SMILES string of the molecule is CC(C)[C@@H](O)CNC(=O)Nc1ccc2cnn(C(C)C)c2c1. The Morgan fingerprint density at radius 1 is 1.32 bits per heavy atom. The molecule has 22 heavy (non-hydrogen) atoms. The van der Waals surface area contributed by atoms with Gasteiger partial charge in [0.2, 0.25) is 0 Å². The molecular formula is C16H24N4O2.